The second-order valence-electron chi connectivity index (χ2n) is 9.07. The Morgan fingerprint density at radius 2 is 1.85 bits per heavy atom. The van der Waals surface area contributed by atoms with Crippen LogP contribution < -0.4 is 0 Å². The van der Waals surface area contributed by atoms with Crippen LogP contribution in [0, 0.1) is 13.8 Å². The molecule has 0 radical (unpaired) electrons. The van der Waals surface area contributed by atoms with E-state index in [4.69, 9.17) is 4.74 Å². The predicted molar refractivity (Wildman–Crippen MR) is 129 cm³/mol. The van der Waals surface area contributed by atoms with Crippen LogP contribution in [0.3, 0.4) is 0 Å². The quantitative estimate of drug-likeness (QED) is 0.580. The Morgan fingerprint density at radius 3 is 2.55 bits per heavy atom. The summed E-state index contributed by atoms with van der Waals surface area (Å²) in [5.41, 5.74) is 2.79. The standard InChI is InChI=1S/C27H28N2O3S/c1-19-13-20(2)15-22(14-19)25(30)28-10-11-32-27(18-28)24(21-7-4-3-5-8-21)17-29(26(27)31)16-23-9-6-12-33-23/h3-9,12-15,24H,10-11,16-18H2,1-2H3. The number of hydrogen-bond acceptors (Lipinski definition) is 4. The van der Waals surface area contributed by atoms with Crippen molar-refractivity contribution < 1.29 is 14.3 Å². The number of aryl methyl sites for hydroxylation is 2. The molecule has 2 aliphatic rings. The van der Waals surface area contributed by atoms with Gasteiger partial charge in [0, 0.05) is 29.4 Å². The summed E-state index contributed by atoms with van der Waals surface area (Å²) in [7, 11) is 0. The molecule has 3 aromatic rings. The fraction of sp³-hybridized carbons (Fsp3) is 0.333. The largest absolute Gasteiger partial charge is 0.361 e. The van der Waals surface area contributed by atoms with E-state index in [0.29, 0.717) is 31.8 Å². The van der Waals surface area contributed by atoms with E-state index in [0.717, 1.165) is 21.6 Å². The molecule has 5 rings (SSSR count). The van der Waals surface area contributed by atoms with Crippen molar-refractivity contribution in [3.05, 3.63) is 93.2 Å². The highest BCUT2D eigenvalue weighted by Gasteiger charge is 2.58. The smallest absolute Gasteiger partial charge is 0.257 e. The summed E-state index contributed by atoms with van der Waals surface area (Å²) in [5, 5.41) is 2.03. The number of likely N-dealkylation sites (tertiary alicyclic amines) is 1. The summed E-state index contributed by atoms with van der Waals surface area (Å²) in [5.74, 6) is -0.204. The van der Waals surface area contributed by atoms with Gasteiger partial charge in [0.05, 0.1) is 19.7 Å². The zero-order chi connectivity index (χ0) is 23.0. The maximum atomic E-state index is 13.9. The van der Waals surface area contributed by atoms with Gasteiger partial charge in [-0.25, -0.2) is 0 Å². The lowest BCUT2D eigenvalue weighted by Gasteiger charge is -2.42. The van der Waals surface area contributed by atoms with E-state index in [-0.39, 0.29) is 24.3 Å². The summed E-state index contributed by atoms with van der Waals surface area (Å²) in [4.78, 5) is 32.2. The van der Waals surface area contributed by atoms with Crippen LogP contribution in [0.25, 0.3) is 0 Å². The molecular formula is C27H28N2O3S. The molecule has 3 heterocycles. The summed E-state index contributed by atoms with van der Waals surface area (Å²) in [6, 6.07) is 20.1. The van der Waals surface area contributed by atoms with Crippen molar-refractivity contribution in [3.8, 4) is 0 Å². The number of benzene rings is 2. The van der Waals surface area contributed by atoms with Gasteiger partial charge in [-0.15, -0.1) is 11.3 Å². The molecule has 0 N–H and O–H groups in total. The van der Waals surface area contributed by atoms with Gasteiger partial charge in [-0.1, -0.05) is 53.6 Å². The molecule has 170 valence electrons. The van der Waals surface area contributed by atoms with Gasteiger partial charge >= 0.3 is 0 Å². The SMILES string of the molecule is Cc1cc(C)cc(C(=O)N2CCOC3(C2)C(=O)N(Cc2cccs2)CC3c2ccccc2)c1. The maximum Gasteiger partial charge on any atom is 0.257 e. The third kappa shape index (κ3) is 4.09. The highest BCUT2D eigenvalue weighted by molar-refractivity contribution is 7.09. The minimum Gasteiger partial charge on any atom is -0.361 e. The topological polar surface area (TPSA) is 49.9 Å². The van der Waals surface area contributed by atoms with Gasteiger partial charge in [-0.2, -0.15) is 0 Å². The second-order valence-corrected chi connectivity index (χ2v) is 10.1. The molecule has 2 unspecified atom stereocenters. The molecule has 33 heavy (non-hydrogen) atoms. The zero-order valence-corrected chi connectivity index (χ0v) is 19.8. The Morgan fingerprint density at radius 1 is 1.09 bits per heavy atom. The number of thiophene rings is 1. The normalized spacial score (nSPS) is 22.8. The van der Waals surface area contributed by atoms with Crippen LogP contribution in [0.1, 0.15) is 37.8 Å². The molecule has 2 atom stereocenters. The summed E-state index contributed by atoms with van der Waals surface area (Å²) in [6.45, 7) is 6.23. The molecule has 6 heteroatoms. The predicted octanol–water partition coefficient (Wildman–Crippen LogP) is 4.40. The third-order valence-corrected chi connectivity index (χ3v) is 7.51. The Hall–Kier alpha value is -2.96. The molecule has 1 aromatic heterocycles. The van der Waals surface area contributed by atoms with Crippen molar-refractivity contribution in [1.29, 1.82) is 0 Å². The van der Waals surface area contributed by atoms with E-state index in [9.17, 15) is 9.59 Å². The van der Waals surface area contributed by atoms with Crippen LogP contribution in [0.15, 0.2) is 66.0 Å². The van der Waals surface area contributed by atoms with E-state index in [1.54, 1.807) is 16.2 Å². The van der Waals surface area contributed by atoms with Crippen molar-refractivity contribution in [3.63, 3.8) is 0 Å². The molecule has 1 spiro atoms. The fourth-order valence-corrected chi connectivity index (χ4v) is 5.91. The Labute approximate surface area is 198 Å². The van der Waals surface area contributed by atoms with Gasteiger partial charge in [0.2, 0.25) is 0 Å². The van der Waals surface area contributed by atoms with Crippen molar-refractivity contribution in [2.24, 2.45) is 0 Å². The van der Waals surface area contributed by atoms with Crippen molar-refractivity contribution in [2.75, 3.05) is 26.2 Å². The van der Waals surface area contributed by atoms with Crippen molar-refractivity contribution in [2.45, 2.75) is 31.9 Å². The lowest BCUT2D eigenvalue weighted by Crippen LogP contribution is -2.59. The highest BCUT2D eigenvalue weighted by Crippen LogP contribution is 2.43. The molecule has 2 aliphatic heterocycles. The molecule has 5 nitrogen and oxygen atoms in total. The monoisotopic (exact) mass is 460 g/mol. The zero-order valence-electron chi connectivity index (χ0n) is 19.0. The molecule has 2 saturated heterocycles. The van der Waals surface area contributed by atoms with Crippen LogP contribution >= 0.6 is 11.3 Å². The molecular weight excluding hydrogens is 432 g/mol. The van der Waals surface area contributed by atoms with Crippen LogP contribution in [0.4, 0.5) is 0 Å². The van der Waals surface area contributed by atoms with E-state index in [2.05, 4.69) is 24.3 Å². The molecule has 0 saturated carbocycles. The second kappa shape index (κ2) is 8.76. The minimum atomic E-state index is -1.06. The van der Waals surface area contributed by atoms with Gasteiger partial charge in [-0.3, -0.25) is 9.59 Å². The van der Waals surface area contributed by atoms with Crippen molar-refractivity contribution in [1.82, 2.24) is 9.80 Å². The first-order valence-electron chi connectivity index (χ1n) is 11.3. The Kier molecular flexibility index (Phi) is 5.81. The molecule has 2 fully saturated rings. The molecule has 0 aliphatic carbocycles. The highest BCUT2D eigenvalue weighted by atomic mass is 32.1. The van der Waals surface area contributed by atoms with Crippen molar-refractivity contribution >= 4 is 23.2 Å². The summed E-state index contributed by atoms with van der Waals surface area (Å²) >= 11 is 1.65. The number of carbonyl (C=O) groups is 2. The van der Waals surface area contributed by atoms with Gasteiger partial charge in [0.25, 0.3) is 11.8 Å². The van der Waals surface area contributed by atoms with Gasteiger partial charge in [-0.05, 0) is 43.0 Å². The molecule has 2 aromatic carbocycles. The first-order valence-corrected chi connectivity index (χ1v) is 12.2. The Balaban J connectivity index is 1.48. The van der Waals surface area contributed by atoms with E-state index < -0.39 is 5.60 Å². The number of hydrogen-bond donors (Lipinski definition) is 0. The molecule has 2 amide bonds. The van der Waals surface area contributed by atoms with Gasteiger partial charge in [0.1, 0.15) is 0 Å². The number of carbonyl (C=O) groups excluding carboxylic acids is 2. The number of nitrogens with zero attached hydrogens (tertiary/aromatic N) is 2. The summed E-state index contributed by atoms with van der Waals surface area (Å²) in [6.07, 6.45) is 0. The third-order valence-electron chi connectivity index (χ3n) is 6.65. The number of ether oxygens (including phenoxy) is 1. The fourth-order valence-electron chi connectivity index (χ4n) is 5.19. The van der Waals surface area contributed by atoms with E-state index in [1.807, 2.05) is 60.5 Å². The minimum absolute atomic E-state index is 0.0253. The first kappa shape index (κ1) is 21.9. The number of morpholine rings is 1. The average molecular weight is 461 g/mol. The number of amides is 2. The lowest BCUT2D eigenvalue weighted by atomic mass is 9.83. The van der Waals surface area contributed by atoms with Crippen LogP contribution in [0.5, 0.6) is 0 Å². The van der Waals surface area contributed by atoms with Gasteiger partial charge in [0.15, 0.2) is 5.60 Å². The van der Waals surface area contributed by atoms with Crippen LogP contribution in [-0.4, -0.2) is 53.5 Å². The summed E-state index contributed by atoms with van der Waals surface area (Å²) < 4.78 is 6.34. The molecule has 0 bridgehead atoms. The van der Waals surface area contributed by atoms with E-state index in [1.165, 1.54) is 0 Å². The maximum absolute atomic E-state index is 13.9. The van der Waals surface area contributed by atoms with Crippen LogP contribution in [-0.2, 0) is 16.1 Å². The first-order chi connectivity index (χ1) is 16.0. The van der Waals surface area contributed by atoms with E-state index >= 15 is 0 Å². The Bertz CT molecular complexity index is 1140. The van der Waals surface area contributed by atoms with Crippen LogP contribution in [0.2, 0.25) is 0 Å². The average Bonchev–Trinajstić information content (AvgIpc) is 3.42. The number of rotatable bonds is 4. The van der Waals surface area contributed by atoms with Gasteiger partial charge < -0.3 is 14.5 Å². The lowest BCUT2D eigenvalue weighted by molar-refractivity contribution is -0.160.